The van der Waals surface area contributed by atoms with E-state index in [0.717, 1.165) is 16.7 Å². The number of nitrogens with zero attached hydrogens (tertiary/aromatic N) is 2. The number of ether oxygens (including phenoxy) is 2. The van der Waals surface area contributed by atoms with Crippen molar-refractivity contribution in [3.05, 3.63) is 67.7 Å². The van der Waals surface area contributed by atoms with Crippen molar-refractivity contribution >= 4 is 46.6 Å². The van der Waals surface area contributed by atoms with Gasteiger partial charge in [-0.25, -0.2) is 0 Å². The van der Waals surface area contributed by atoms with Crippen molar-refractivity contribution in [2.24, 2.45) is 11.1 Å². The van der Waals surface area contributed by atoms with Crippen LogP contribution in [0.3, 0.4) is 0 Å². The Morgan fingerprint density at radius 3 is 2.47 bits per heavy atom. The number of likely N-dealkylation sites (tertiary alicyclic amines) is 1. The van der Waals surface area contributed by atoms with Gasteiger partial charge in [0.15, 0.2) is 0 Å². The monoisotopic (exact) mass is 494 g/mol. The molecule has 32 heavy (non-hydrogen) atoms. The van der Waals surface area contributed by atoms with E-state index < -0.39 is 11.4 Å². The molecular formula is C23H21Cl3N2O4. The lowest BCUT2D eigenvalue weighted by Gasteiger charge is -2.48. The smallest absolute Gasteiger partial charge is 0.301 e. The second kappa shape index (κ2) is 7.52. The number of oxime groups is 1. The minimum absolute atomic E-state index is 0.0205. The zero-order valence-corrected chi connectivity index (χ0v) is 20.0. The van der Waals surface area contributed by atoms with Gasteiger partial charge >= 0.3 is 5.79 Å². The number of amides is 1. The van der Waals surface area contributed by atoms with Gasteiger partial charge in [0.25, 0.3) is 5.90 Å². The second-order valence-corrected chi connectivity index (χ2v) is 9.99. The molecule has 2 aromatic rings. The van der Waals surface area contributed by atoms with Crippen molar-refractivity contribution in [1.29, 1.82) is 0 Å². The Labute approximate surface area is 201 Å². The van der Waals surface area contributed by atoms with Gasteiger partial charge in [0.05, 0.1) is 34.8 Å². The minimum atomic E-state index is -1.18. The molecule has 0 radical (unpaired) electrons. The van der Waals surface area contributed by atoms with Gasteiger partial charge in [-0.15, -0.1) is 0 Å². The van der Waals surface area contributed by atoms with Gasteiger partial charge < -0.3 is 19.2 Å². The van der Waals surface area contributed by atoms with Gasteiger partial charge in [-0.3, -0.25) is 4.79 Å². The summed E-state index contributed by atoms with van der Waals surface area (Å²) in [4.78, 5) is 19.7. The summed E-state index contributed by atoms with van der Waals surface area (Å²) in [5, 5.41) is 5.04. The first kappa shape index (κ1) is 21.8. The van der Waals surface area contributed by atoms with Crippen LogP contribution in [0.4, 0.5) is 0 Å². The quantitative estimate of drug-likeness (QED) is 0.531. The number of carbonyl (C=O) groups excluding carboxylic acids is 1. The Balaban J connectivity index is 1.35. The van der Waals surface area contributed by atoms with Crippen LogP contribution in [0.1, 0.15) is 43.0 Å². The Morgan fingerprint density at radius 2 is 1.81 bits per heavy atom. The van der Waals surface area contributed by atoms with Gasteiger partial charge in [0.1, 0.15) is 5.60 Å². The van der Waals surface area contributed by atoms with Crippen LogP contribution in [0.5, 0.6) is 0 Å². The van der Waals surface area contributed by atoms with Crippen molar-refractivity contribution in [2.75, 3.05) is 13.1 Å². The van der Waals surface area contributed by atoms with Crippen LogP contribution in [0, 0.1) is 5.92 Å². The fourth-order valence-electron chi connectivity index (χ4n) is 4.33. The normalized spacial score (nSPS) is 23.0. The fourth-order valence-corrected chi connectivity index (χ4v) is 4.92. The maximum absolute atomic E-state index is 12.2. The van der Waals surface area contributed by atoms with Crippen molar-refractivity contribution in [2.45, 2.75) is 38.8 Å². The van der Waals surface area contributed by atoms with Crippen molar-refractivity contribution in [3.63, 3.8) is 0 Å². The summed E-state index contributed by atoms with van der Waals surface area (Å²) < 4.78 is 12.2. The summed E-state index contributed by atoms with van der Waals surface area (Å²) in [6, 6.07) is 9.24. The first-order valence-electron chi connectivity index (χ1n) is 10.3. The molecule has 3 aliphatic rings. The van der Waals surface area contributed by atoms with E-state index in [4.69, 9.17) is 49.1 Å². The maximum Gasteiger partial charge on any atom is 0.301 e. The molecule has 0 bridgehead atoms. The van der Waals surface area contributed by atoms with E-state index in [9.17, 15) is 4.79 Å². The number of carbonyl (C=O) groups is 1. The minimum Gasteiger partial charge on any atom is -0.426 e. The standard InChI is InChI=1S/C23H21Cl3N2O4/c1-12(2)21(29)28-10-23(11-28)16-5-4-13(6-14(16)9-30-23)20-27-32-22(3,31-20)15-7-17(24)19(26)18(25)8-15/h4-8,12H,9-11H2,1-3H3. The van der Waals surface area contributed by atoms with E-state index in [1.54, 1.807) is 19.1 Å². The predicted molar refractivity (Wildman–Crippen MR) is 122 cm³/mol. The van der Waals surface area contributed by atoms with Gasteiger partial charge in [-0.2, -0.15) is 0 Å². The summed E-state index contributed by atoms with van der Waals surface area (Å²) in [6.45, 7) is 7.18. The average molecular weight is 496 g/mol. The van der Waals surface area contributed by atoms with Crippen molar-refractivity contribution in [3.8, 4) is 0 Å². The number of benzene rings is 2. The first-order valence-corrected chi connectivity index (χ1v) is 11.4. The molecule has 1 spiro atoms. The lowest BCUT2D eigenvalue weighted by atomic mass is 9.84. The van der Waals surface area contributed by atoms with Crippen LogP contribution in [-0.4, -0.2) is 29.8 Å². The molecule has 1 saturated heterocycles. The second-order valence-electron chi connectivity index (χ2n) is 8.79. The maximum atomic E-state index is 12.2. The van der Waals surface area contributed by atoms with Crippen molar-refractivity contribution < 1.29 is 19.1 Å². The average Bonchev–Trinajstić information content (AvgIpc) is 3.31. The van der Waals surface area contributed by atoms with E-state index in [-0.39, 0.29) is 16.8 Å². The zero-order valence-electron chi connectivity index (χ0n) is 17.7. The highest BCUT2D eigenvalue weighted by Crippen LogP contribution is 2.45. The molecule has 3 aliphatic heterocycles. The Kier molecular flexibility index (Phi) is 5.13. The molecule has 9 heteroatoms. The van der Waals surface area contributed by atoms with Crippen molar-refractivity contribution in [1.82, 2.24) is 4.90 Å². The van der Waals surface area contributed by atoms with E-state index >= 15 is 0 Å². The molecule has 3 heterocycles. The summed E-state index contributed by atoms with van der Waals surface area (Å²) >= 11 is 18.4. The lowest BCUT2D eigenvalue weighted by Crippen LogP contribution is -2.61. The molecule has 168 valence electrons. The Hall–Kier alpha value is -1.99. The molecular weight excluding hydrogens is 475 g/mol. The highest BCUT2D eigenvalue weighted by molar-refractivity contribution is 6.48. The van der Waals surface area contributed by atoms with Gasteiger partial charge in [-0.1, -0.05) is 54.7 Å². The number of halogens is 3. The van der Waals surface area contributed by atoms with E-state index in [1.807, 2.05) is 36.9 Å². The number of fused-ring (bicyclic) bond motifs is 2. The molecule has 0 N–H and O–H groups in total. The highest BCUT2D eigenvalue weighted by Gasteiger charge is 2.52. The number of rotatable bonds is 3. The topological polar surface area (TPSA) is 60.4 Å². The molecule has 1 atom stereocenters. The third-order valence-corrected chi connectivity index (χ3v) is 7.34. The molecule has 5 rings (SSSR count). The largest absolute Gasteiger partial charge is 0.426 e. The summed E-state index contributed by atoms with van der Waals surface area (Å²) in [5.74, 6) is -0.705. The molecule has 1 unspecified atom stereocenters. The molecule has 6 nitrogen and oxygen atoms in total. The SMILES string of the molecule is CC(C)C(=O)N1CC2(C1)OCc1cc(C3=NOC(C)(c4cc(Cl)c(Cl)c(Cl)c4)O3)ccc12. The fraction of sp³-hybridized carbons (Fsp3) is 0.391. The first-order chi connectivity index (χ1) is 15.1. The highest BCUT2D eigenvalue weighted by atomic mass is 35.5. The zero-order chi connectivity index (χ0) is 22.8. The predicted octanol–water partition coefficient (Wildman–Crippen LogP) is 5.45. The summed E-state index contributed by atoms with van der Waals surface area (Å²) in [7, 11) is 0. The van der Waals surface area contributed by atoms with E-state index in [1.165, 1.54) is 0 Å². The molecule has 0 saturated carbocycles. The third kappa shape index (κ3) is 3.36. The van der Waals surface area contributed by atoms with Crippen LogP contribution in [0.15, 0.2) is 35.5 Å². The molecule has 1 amide bonds. The van der Waals surface area contributed by atoms with E-state index in [2.05, 4.69) is 5.16 Å². The molecule has 2 aromatic carbocycles. The Morgan fingerprint density at radius 1 is 1.12 bits per heavy atom. The van der Waals surface area contributed by atoms with Gasteiger partial charge in [0, 0.05) is 24.0 Å². The van der Waals surface area contributed by atoms with Crippen LogP contribution in [0.25, 0.3) is 0 Å². The Bertz CT molecular complexity index is 1140. The summed E-state index contributed by atoms with van der Waals surface area (Å²) in [5.41, 5.74) is 3.11. The van der Waals surface area contributed by atoms with Gasteiger partial charge in [-0.05, 0) is 40.5 Å². The molecule has 0 aliphatic carbocycles. The van der Waals surface area contributed by atoms with E-state index in [0.29, 0.717) is 41.2 Å². The van der Waals surface area contributed by atoms with Gasteiger partial charge in [0.2, 0.25) is 5.91 Å². The summed E-state index contributed by atoms with van der Waals surface area (Å²) in [6.07, 6.45) is 0. The number of hydrogen-bond acceptors (Lipinski definition) is 5. The third-order valence-electron chi connectivity index (χ3n) is 6.15. The van der Waals surface area contributed by atoms with Crippen LogP contribution >= 0.6 is 34.8 Å². The van der Waals surface area contributed by atoms with Crippen LogP contribution in [-0.2, 0) is 37.1 Å². The lowest BCUT2D eigenvalue weighted by molar-refractivity contribution is -0.171. The van der Waals surface area contributed by atoms with Crippen LogP contribution < -0.4 is 0 Å². The van der Waals surface area contributed by atoms with Crippen LogP contribution in [0.2, 0.25) is 15.1 Å². The molecule has 0 aromatic heterocycles. The number of hydrogen-bond donors (Lipinski definition) is 0. The molecule has 1 fully saturated rings.